The SMILES string of the molecule is Cc1nn(C)c(C)c1-c1ccnc(NCCn2c(C)cc3ccccc32)n1. The minimum absolute atomic E-state index is 0.643. The Morgan fingerprint density at radius 1 is 1.07 bits per heavy atom. The highest BCUT2D eigenvalue weighted by Crippen LogP contribution is 2.25. The predicted molar refractivity (Wildman–Crippen MR) is 109 cm³/mol. The first-order chi connectivity index (χ1) is 13.0. The van der Waals surface area contributed by atoms with Gasteiger partial charge in [0, 0.05) is 48.8 Å². The van der Waals surface area contributed by atoms with Gasteiger partial charge < -0.3 is 9.88 Å². The quantitative estimate of drug-likeness (QED) is 0.587. The van der Waals surface area contributed by atoms with Crippen LogP contribution in [0.2, 0.25) is 0 Å². The zero-order chi connectivity index (χ0) is 19.0. The van der Waals surface area contributed by atoms with Crippen LogP contribution >= 0.6 is 0 Å². The Kier molecular flexibility index (Phi) is 4.39. The number of anilines is 1. The molecule has 138 valence electrons. The van der Waals surface area contributed by atoms with Crippen molar-refractivity contribution in [3.63, 3.8) is 0 Å². The number of nitrogens with one attached hydrogen (secondary N) is 1. The van der Waals surface area contributed by atoms with Gasteiger partial charge in [-0.2, -0.15) is 5.10 Å². The van der Waals surface area contributed by atoms with Crippen LogP contribution in [0.3, 0.4) is 0 Å². The summed E-state index contributed by atoms with van der Waals surface area (Å²) in [4.78, 5) is 9.07. The van der Waals surface area contributed by atoms with Gasteiger partial charge in [-0.25, -0.2) is 9.97 Å². The van der Waals surface area contributed by atoms with Gasteiger partial charge in [0.05, 0.1) is 11.4 Å². The van der Waals surface area contributed by atoms with Crippen molar-refractivity contribution in [3.8, 4) is 11.3 Å². The number of hydrogen-bond acceptors (Lipinski definition) is 4. The Hall–Kier alpha value is -3.15. The monoisotopic (exact) mass is 360 g/mol. The van der Waals surface area contributed by atoms with Crippen molar-refractivity contribution in [2.75, 3.05) is 11.9 Å². The molecule has 0 atom stereocenters. The molecule has 0 radical (unpaired) electrons. The topological polar surface area (TPSA) is 60.6 Å². The molecule has 0 saturated heterocycles. The minimum Gasteiger partial charge on any atom is -0.352 e. The van der Waals surface area contributed by atoms with Crippen LogP contribution in [0.1, 0.15) is 17.1 Å². The lowest BCUT2D eigenvalue weighted by Crippen LogP contribution is -2.13. The minimum atomic E-state index is 0.643. The summed E-state index contributed by atoms with van der Waals surface area (Å²) < 4.78 is 4.21. The maximum Gasteiger partial charge on any atom is 0.223 e. The third-order valence-corrected chi connectivity index (χ3v) is 5.06. The summed E-state index contributed by atoms with van der Waals surface area (Å²) in [5.74, 6) is 0.643. The van der Waals surface area contributed by atoms with Gasteiger partial charge in [0.1, 0.15) is 0 Å². The van der Waals surface area contributed by atoms with Crippen LogP contribution in [-0.4, -0.2) is 30.9 Å². The molecule has 0 aliphatic carbocycles. The van der Waals surface area contributed by atoms with Gasteiger partial charge in [0.25, 0.3) is 0 Å². The number of fused-ring (bicyclic) bond motifs is 1. The van der Waals surface area contributed by atoms with Crippen LogP contribution in [-0.2, 0) is 13.6 Å². The Balaban J connectivity index is 1.51. The summed E-state index contributed by atoms with van der Waals surface area (Å²) in [6, 6.07) is 12.6. The average molecular weight is 360 g/mol. The summed E-state index contributed by atoms with van der Waals surface area (Å²) in [6.45, 7) is 7.83. The molecular weight excluding hydrogens is 336 g/mol. The van der Waals surface area contributed by atoms with E-state index in [0.29, 0.717) is 5.95 Å². The molecule has 0 spiro atoms. The molecule has 0 unspecified atom stereocenters. The Morgan fingerprint density at radius 3 is 2.67 bits per heavy atom. The maximum absolute atomic E-state index is 4.70. The fourth-order valence-electron chi connectivity index (χ4n) is 3.65. The van der Waals surface area contributed by atoms with E-state index in [9.17, 15) is 0 Å². The Morgan fingerprint density at radius 2 is 1.89 bits per heavy atom. The molecule has 27 heavy (non-hydrogen) atoms. The molecule has 1 N–H and O–H groups in total. The summed E-state index contributed by atoms with van der Waals surface area (Å²) in [7, 11) is 1.95. The highest BCUT2D eigenvalue weighted by Gasteiger charge is 2.13. The second-order valence-electron chi connectivity index (χ2n) is 6.86. The van der Waals surface area contributed by atoms with E-state index in [1.807, 2.05) is 24.7 Å². The zero-order valence-corrected chi connectivity index (χ0v) is 16.2. The van der Waals surface area contributed by atoms with E-state index in [4.69, 9.17) is 4.98 Å². The highest BCUT2D eigenvalue weighted by molar-refractivity contribution is 5.81. The first kappa shape index (κ1) is 17.3. The van der Waals surface area contributed by atoms with E-state index in [1.165, 1.54) is 16.6 Å². The lowest BCUT2D eigenvalue weighted by Gasteiger charge is -2.10. The van der Waals surface area contributed by atoms with Gasteiger partial charge in [-0.1, -0.05) is 18.2 Å². The van der Waals surface area contributed by atoms with Crippen molar-refractivity contribution in [2.24, 2.45) is 7.05 Å². The Labute approximate surface area is 158 Å². The van der Waals surface area contributed by atoms with E-state index in [2.05, 4.69) is 64.1 Å². The lowest BCUT2D eigenvalue weighted by atomic mass is 10.1. The molecule has 0 aliphatic heterocycles. The van der Waals surface area contributed by atoms with E-state index < -0.39 is 0 Å². The predicted octanol–water partition coefficient (Wildman–Crippen LogP) is 3.87. The van der Waals surface area contributed by atoms with Gasteiger partial charge in [0.2, 0.25) is 5.95 Å². The van der Waals surface area contributed by atoms with Crippen LogP contribution in [0.15, 0.2) is 42.6 Å². The fraction of sp³-hybridized carbons (Fsp3) is 0.286. The Bertz CT molecular complexity index is 1110. The second-order valence-corrected chi connectivity index (χ2v) is 6.86. The zero-order valence-electron chi connectivity index (χ0n) is 16.2. The molecule has 4 aromatic rings. The van der Waals surface area contributed by atoms with Gasteiger partial charge in [-0.3, -0.25) is 4.68 Å². The van der Waals surface area contributed by atoms with Crippen molar-refractivity contribution in [1.29, 1.82) is 0 Å². The summed E-state index contributed by atoms with van der Waals surface area (Å²) in [6.07, 6.45) is 1.80. The van der Waals surface area contributed by atoms with Crippen LogP contribution in [0.4, 0.5) is 5.95 Å². The maximum atomic E-state index is 4.70. The third kappa shape index (κ3) is 3.18. The van der Waals surface area contributed by atoms with Gasteiger partial charge in [-0.15, -0.1) is 0 Å². The number of nitrogens with zero attached hydrogens (tertiary/aromatic N) is 5. The molecule has 0 aliphatic rings. The number of benzene rings is 1. The smallest absolute Gasteiger partial charge is 0.223 e. The average Bonchev–Trinajstić information content (AvgIpc) is 3.10. The van der Waals surface area contributed by atoms with E-state index >= 15 is 0 Å². The van der Waals surface area contributed by atoms with E-state index in [0.717, 1.165) is 35.7 Å². The van der Waals surface area contributed by atoms with E-state index in [1.54, 1.807) is 6.20 Å². The number of hydrogen-bond donors (Lipinski definition) is 1. The van der Waals surface area contributed by atoms with Crippen LogP contribution in [0, 0.1) is 20.8 Å². The van der Waals surface area contributed by atoms with Gasteiger partial charge in [0.15, 0.2) is 0 Å². The van der Waals surface area contributed by atoms with Crippen LogP contribution in [0.5, 0.6) is 0 Å². The number of rotatable bonds is 5. The summed E-state index contributed by atoms with van der Waals surface area (Å²) >= 11 is 0. The lowest BCUT2D eigenvalue weighted by molar-refractivity contribution is 0.730. The standard InChI is InChI=1S/C21H24N6/c1-14-13-17-7-5-6-8-19(17)27(14)12-11-23-21-22-10-9-18(24-21)20-15(2)25-26(4)16(20)3/h5-10,13H,11-12H2,1-4H3,(H,22,23,24). The molecule has 1 aromatic carbocycles. The van der Waals surface area contributed by atoms with Crippen LogP contribution in [0.25, 0.3) is 22.2 Å². The molecular formula is C21H24N6. The van der Waals surface area contributed by atoms with E-state index in [-0.39, 0.29) is 0 Å². The largest absolute Gasteiger partial charge is 0.352 e. The molecule has 3 heterocycles. The molecule has 6 nitrogen and oxygen atoms in total. The fourth-order valence-corrected chi connectivity index (χ4v) is 3.65. The van der Waals surface area contributed by atoms with Gasteiger partial charge in [-0.05, 0) is 44.4 Å². The molecule has 0 fully saturated rings. The molecule has 4 rings (SSSR count). The van der Waals surface area contributed by atoms with Crippen LogP contribution < -0.4 is 5.32 Å². The van der Waals surface area contributed by atoms with Crippen molar-refractivity contribution >= 4 is 16.9 Å². The van der Waals surface area contributed by atoms with Crippen molar-refractivity contribution in [1.82, 2.24) is 24.3 Å². The van der Waals surface area contributed by atoms with Crippen molar-refractivity contribution in [2.45, 2.75) is 27.3 Å². The highest BCUT2D eigenvalue weighted by atomic mass is 15.3. The van der Waals surface area contributed by atoms with Crippen molar-refractivity contribution in [3.05, 3.63) is 59.7 Å². The third-order valence-electron chi connectivity index (χ3n) is 5.06. The summed E-state index contributed by atoms with van der Waals surface area (Å²) in [5.41, 5.74) is 6.58. The molecule has 6 heteroatoms. The molecule has 0 bridgehead atoms. The molecule has 0 amide bonds. The first-order valence-electron chi connectivity index (χ1n) is 9.17. The van der Waals surface area contributed by atoms with Crippen molar-refractivity contribution < 1.29 is 0 Å². The molecule has 3 aromatic heterocycles. The molecule has 0 saturated carbocycles. The second kappa shape index (κ2) is 6.87. The number of aryl methyl sites for hydroxylation is 3. The normalized spacial score (nSPS) is 11.3. The number of para-hydroxylation sites is 1. The number of aromatic nitrogens is 5. The van der Waals surface area contributed by atoms with Gasteiger partial charge >= 0.3 is 0 Å². The summed E-state index contributed by atoms with van der Waals surface area (Å²) in [5, 5.41) is 9.12. The first-order valence-corrected chi connectivity index (χ1v) is 9.17.